The minimum absolute atomic E-state index is 0.158. The first-order valence-electron chi connectivity index (χ1n) is 8.00. The molecule has 1 saturated heterocycles. The van der Waals surface area contributed by atoms with Gasteiger partial charge in [0.05, 0.1) is 5.56 Å². The molecule has 1 aromatic carbocycles. The van der Waals surface area contributed by atoms with Crippen molar-refractivity contribution in [1.29, 1.82) is 0 Å². The molecule has 10 heteroatoms. The predicted octanol–water partition coefficient (Wildman–Crippen LogP) is 2.81. The lowest BCUT2D eigenvalue weighted by atomic mass is 9.93. The van der Waals surface area contributed by atoms with Crippen LogP contribution in [0.25, 0.3) is 0 Å². The lowest BCUT2D eigenvalue weighted by Gasteiger charge is -2.38. The Bertz CT molecular complexity index is 852. The van der Waals surface area contributed by atoms with E-state index in [9.17, 15) is 22.4 Å². The molecule has 3 rings (SSSR count). The van der Waals surface area contributed by atoms with Gasteiger partial charge in [-0.3, -0.25) is 4.79 Å². The maximum atomic E-state index is 14.3. The number of anilines is 1. The van der Waals surface area contributed by atoms with Gasteiger partial charge in [-0.05, 0) is 25.1 Å². The minimum atomic E-state index is -4.69. The largest absolute Gasteiger partial charge is 0.459 e. The number of furan rings is 1. The van der Waals surface area contributed by atoms with Crippen LogP contribution < -0.4 is 16.4 Å². The maximum absolute atomic E-state index is 14.3. The molecule has 1 amide bonds. The normalized spacial score (nSPS) is 23.3. The highest BCUT2D eigenvalue weighted by molar-refractivity contribution is 6.04. The average Bonchev–Trinajstić information content (AvgIpc) is 3.07. The summed E-state index contributed by atoms with van der Waals surface area (Å²) in [6.07, 6.45) is -4.62. The fraction of sp³-hybridized carbons (Fsp3) is 0.353. The monoisotopic (exact) mass is 387 g/mol. The number of hydrogen-bond acceptors (Lipinski definition) is 5. The first-order valence-corrected chi connectivity index (χ1v) is 8.00. The van der Waals surface area contributed by atoms with Gasteiger partial charge in [-0.25, -0.2) is 4.39 Å². The number of hydrogen-bond donors (Lipinski definition) is 3. The molecule has 0 saturated carbocycles. The molecular weight excluding hydrogens is 370 g/mol. The van der Waals surface area contributed by atoms with Crippen molar-refractivity contribution in [2.45, 2.75) is 24.9 Å². The van der Waals surface area contributed by atoms with Crippen molar-refractivity contribution in [3.8, 4) is 0 Å². The number of nitrogens with one attached hydrogen (secondary N) is 2. The molecule has 1 aliphatic heterocycles. The van der Waals surface area contributed by atoms with Gasteiger partial charge in [0.25, 0.3) is 5.91 Å². The van der Waals surface area contributed by atoms with Crippen LogP contribution in [0.4, 0.5) is 23.2 Å². The van der Waals surface area contributed by atoms with Gasteiger partial charge in [0, 0.05) is 30.4 Å². The maximum Gasteiger partial charge on any atom is 0.449 e. The second kappa shape index (κ2) is 6.95. The van der Waals surface area contributed by atoms with Gasteiger partial charge in [0.1, 0.15) is 23.9 Å². The molecule has 1 fully saturated rings. The summed E-state index contributed by atoms with van der Waals surface area (Å²) in [5.74, 6) is -2.67. The molecule has 1 aromatic heterocycles. The number of halogens is 4. The van der Waals surface area contributed by atoms with Crippen LogP contribution in [0.1, 0.15) is 28.6 Å². The summed E-state index contributed by atoms with van der Waals surface area (Å²) < 4.78 is 62.0. The molecule has 146 valence electrons. The molecule has 2 aromatic rings. The number of alkyl halides is 3. The molecule has 4 N–H and O–H groups in total. The van der Waals surface area contributed by atoms with Gasteiger partial charge in [-0.15, -0.1) is 0 Å². The van der Waals surface area contributed by atoms with Crippen LogP contribution in [-0.2, 0) is 16.5 Å². The van der Waals surface area contributed by atoms with Crippen molar-refractivity contribution in [3.63, 3.8) is 0 Å². The summed E-state index contributed by atoms with van der Waals surface area (Å²) in [7, 11) is 0. The summed E-state index contributed by atoms with van der Waals surface area (Å²) in [6.45, 7) is 2.36. The fourth-order valence-corrected chi connectivity index (χ4v) is 2.84. The Labute approximate surface area is 151 Å². The zero-order valence-electron chi connectivity index (χ0n) is 14.2. The Hall–Kier alpha value is -2.43. The Kier molecular flexibility index (Phi) is 4.98. The number of ether oxygens (including phenoxy) is 1. The Morgan fingerprint density at radius 1 is 1.37 bits per heavy atom. The van der Waals surface area contributed by atoms with E-state index in [1.807, 2.05) is 0 Å². The van der Waals surface area contributed by atoms with Crippen LogP contribution in [0.15, 0.2) is 34.9 Å². The highest BCUT2D eigenvalue weighted by Crippen LogP contribution is 2.33. The van der Waals surface area contributed by atoms with E-state index in [0.717, 1.165) is 6.07 Å². The molecule has 0 bridgehead atoms. The third-order valence-corrected chi connectivity index (χ3v) is 4.15. The molecule has 2 atom stereocenters. The zero-order chi connectivity index (χ0) is 19.8. The second-order valence-corrected chi connectivity index (χ2v) is 6.36. The Morgan fingerprint density at radius 2 is 2.11 bits per heavy atom. The Morgan fingerprint density at radius 3 is 2.74 bits per heavy atom. The standard InChI is InChI=1S/C17H17F4N3O3/c1-16(8-23-6-14(22)27-16)11-5-10(2-3-12(11)18)24-15(25)9-4-13(26-7-9)17(19,20)21/h2-5,7,14,23H,6,8,22H2,1H3,(H,24,25)/t14-,16?/m1/s1. The summed E-state index contributed by atoms with van der Waals surface area (Å²) in [4.78, 5) is 12.2. The summed E-state index contributed by atoms with van der Waals surface area (Å²) in [5, 5.41) is 5.45. The third kappa shape index (κ3) is 4.12. The van der Waals surface area contributed by atoms with E-state index in [1.54, 1.807) is 6.92 Å². The molecule has 1 aliphatic rings. The predicted molar refractivity (Wildman–Crippen MR) is 87.3 cm³/mol. The molecule has 1 unspecified atom stereocenters. The number of rotatable bonds is 3. The van der Waals surface area contributed by atoms with Crippen molar-refractivity contribution in [2.75, 3.05) is 18.4 Å². The number of morpholine rings is 1. The molecule has 0 spiro atoms. The van der Waals surface area contributed by atoms with E-state index in [-0.39, 0.29) is 16.8 Å². The zero-order valence-corrected chi connectivity index (χ0v) is 14.2. The fourth-order valence-electron chi connectivity index (χ4n) is 2.84. The Balaban J connectivity index is 1.82. The van der Waals surface area contributed by atoms with Crippen LogP contribution >= 0.6 is 0 Å². The van der Waals surface area contributed by atoms with E-state index in [4.69, 9.17) is 10.5 Å². The van der Waals surface area contributed by atoms with Gasteiger partial charge < -0.3 is 25.5 Å². The van der Waals surface area contributed by atoms with Crippen LogP contribution in [0.3, 0.4) is 0 Å². The number of amides is 1. The highest BCUT2D eigenvalue weighted by Gasteiger charge is 2.37. The van der Waals surface area contributed by atoms with Crippen molar-refractivity contribution < 1.29 is 31.5 Å². The molecule has 0 aliphatic carbocycles. The van der Waals surface area contributed by atoms with E-state index < -0.39 is 35.5 Å². The third-order valence-electron chi connectivity index (χ3n) is 4.15. The van der Waals surface area contributed by atoms with Gasteiger partial charge in [0.15, 0.2) is 0 Å². The van der Waals surface area contributed by atoms with Crippen LogP contribution in [-0.4, -0.2) is 25.2 Å². The summed E-state index contributed by atoms with van der Waals surface area (Å²) >= 11 is 0. The van der Waals surface area contributed by atoms with Gasteiger partial charge in [-0.2, -0.15) is 13.2 Å². The van der Waals surface area contributed by atoms with E-state index in [0.29, 0.717) is 25.4 Å². The molecule has 27 heavy (non-hydrogen) atoms. The molecule has 0 radical (unpaired) electrons. The van der Waals surface area contributed by atoms with Crippen molar-refractivity contribution in [2.24, 2.45) is 5.73 Å². The summed E-state index contributed by atoms with van der Waals surface area (Å²) in [5.41, 5.74) is 4.72. The highest BCUT2D eigenvalue weighted by atomic mass is 19.4. The van der Waals surface area contributed by atoms with Crippen LogP contribution in [0.2, 0.25) is 0 Å². The topological polar surface area (TPSA) is 89.5 Å². The van der Waals surface area contributed by atoms with Crippen molar-refractivity contribution >= 4 is 11.6 Å². The average molecular weight is 387 g/mol. The number of nitrogens with two attached hydrogens (primary N) is 1. The lowest BCUT2D eigenvalue weighted by Crippen LogP contribution is -2.53. The molecule has 6 nitrogen and oxygen atoms in total. The summed E-state index contributed by atoms with van der Waals surface area (Å²) in [6, 6.07) is 4.38. The number of carbonyl (C=O) groups excluding carboxylic acids is 1. The second-order valence-electron chi connectivity index (χ2n) is 6.36. The van der Waals surface area contributed by atoms with Crippen molar-refractivity contribution in [1.82, 2.24) is 5.32 Å². The molecular formula is C17H17F4N3O3. The van der Waals surface area contributed by atoms with Crippen molar-refractivity contribution in [3.05, 3.63) is 53.2 Å². The molecule has 2 heterocycles. The van der Waals surface area contributed by atoms with E-state index in [2.05, 4.69) is 15.1 Å². The van der Waals surface area contributed by atoms with Crippen LogP contribution in [0, 0.1) is 5.82 Å². The minimum Gasteiger partial charge on any atom is -0.459 e. The van der Waals surface area contributed by atoms with E-state index >= 15 is 0 Å². The SMILES string of the molecule is CC1(c2cc(NC(=O)c3coc(C(F)(F)F)c3)ccc2F)CNC[C@H](N)O1. The van der Waals surface area contributed by atoms with Gasteiger partial charge in [-0.1, -0.05) is 0 Å². The van der Waals surface area contributed by atoms with Gasteiger partial charge >= 0.3 is 6.18 Å². The smallest absolute Gasteiger partial charge is 0.449 e. The number of benzene rings is 1. The quantitative estimate of drug-likeness (QED) is 0.705. The number of carbonyl (C=O) groups is 1. The van der Waals surface area contributed by atoms with Crippen LogP contribution in [0.5, 0.6) is 0 Å². The first kappa shape index (κ1) is 19.3. The first-order chi connectivity index (χ1) is 12.6. The van der Waals surface area contributed by atoms with Gasteiger partial charge in [0.2, 0.25) is 5.76 Å². The van der Waals surface area contributed by atoms with E-state index in [1.165, 1.54) is 12.1 Å². The lowest BCUT2D eigenvalue weighted by molar-refractivity contribution is -0.153.